The summed E-state index contributed by atoms with van der Waals surface area (Å²) in [5.74, 6) is 0.354. The molecule has 0 radical (unpaired) electrons. The number of carbonyl (C=O) groups is 1. The van der Waals surface area contributed by atoms with E-state index in [-0.39, 0.29) is 36.7 Å². The van der Waals surface area contributed by atoms with Gasteiger partial charge in [0.15, 0.2) is 0 Å². The Hall–Kier alpha value is -3.75. The maximum Gasteiger partial charge on any atom is 0.267 e. The predicted octanol–water partition coefficient (Wildman–Crippen LogP) is 0.292. The topological polar surface area (TPSA) is 108 Å². The van der Waals surface area contributed by atoms with Crippen LogP contribution >= 0.6 is 0 Å². The smallest absolute Gasteiger partial charge is 0.267 e. The summed E-state index contributed by atoms with van der Waals surface area (Å²) in [6.45, 7) is 0.207. The monoisotopic (exact) mass is 381 g/mol. The van der Waals surface area contributed by atoms with E-state index in [4.69, 9.17) is 4.74 Å². The standard InChI is InChI=1S/C19H19N5O4/c1-28-15-6-4-14(5-7-15)16-8-9-19(27)23(22-16)12-11-20-17(25)13-24-18(26)3-2-10-21-24/h2-10H,11-13H2,1H3,(H,20,25). The Bertz CT molecular complexity index is 1070. The number of methoxy groups -OCH3 is 1. The van der Waals surface area contributed by atoms with Crippen LogP contribution in [0.15, 0.2) is 64.3 Å². The van der Waals surface area contributed by atoms with Crippen molar-refractivity contribution in [3.05, 3.63) is 75.4 Å². The van der Waals surface area contributed by atoms with E-state index in [1.54, 1.807) is 13.2 Å². The zero-order valence-electron chi connectivity index (χ0n) is 15.2. The molecule has 1 N–H and O–H groups in total. The van der Waals surface area contributed by atoms with Crippen LogP contribution < -0.4 is 21.2 Å². The molecule has 0 atom stereocenters. The number of amides is 1. The summed E-state index contributed by atoms with van der Waals surface area (Å²) < 4.78 is 7.48. The van der Waals surface area contributed by atoms with Gasteiger partial charge in [-0.3, -0.25) is 14.4 Å². The van der Waals surface area contributed by atoms with Gasteiger partial charge in [-0.25, -0.2) is 9.36 Å². The maximum atomic E-state index is 12.0. The molecule has 2 aromatic heterocycles. The number of carbonyl (C=O) groups excluding carboxylic acids is 1. The average molecular weight is 381 g/mol. The summed E-state index contributed by atoms with van der Waals surface area (Å²) in [5, 5.41) is 10.8. The van der Waals surface area contributed by atoms with Gasteiger partial charge in [-0.2, -0.15) is 10.2 Å². The van der Waals surface area contributed by atoms with E-state index >= 15 is 0 Å². The van der Waals surface area contributed by atoms with Crippen LogP contribution in [0.2, 0.25) is 0 Å². The van der Waals surface area contributed by atoms with Gasteiger partial charge in [0.2, 0.25) is 5.91 Å². The number of aromatic nitrogens is 4. The van der Waals surface area contributed by atoms with Crippen LogP contribution in [0.5, 0.6) is 5.75 Å². The van der Waals surface area contributed by atoms with Crippen molar-refractivity contribution in [2.24, 2.45) is 0 Å². The first-order valence-electron chi connectivity index (χ1n) is 8.58. The number of nitrogens with one attached hydrogen (secondary N) is 1. The molecule has 0 saturated carbocycles. The summed E-state index contributed by atoms with van der Waals surface area (Å²) in [6, 6.07) is 13.2. The highest BCUT2D eigenvalue weighted by atomic mass is 16.5. The summed E-state index contributed by atoms with van der Waals surface area (Å²) in [7, 11) is 1.59. The molecule has 0 aliphatic rings. The van der Waals surface area contributed by atoms with E-state index in [1.807, 2.05) is 24.3 Å². The zero-order valence-corrected chi connectivity index (χ0v) is 15.2. The van der Waals surface area contributed by atoms with Crippen molar-refractivity contribution in [2.45, 2.75) is 13.1 Å². The third-order valence-electron chi connectivity index (χ3n) is 3.98. The number of rotatable bonds is 7. The molecule has 3 rings (SSSR count). The summed E-state index contributed by atoms with van der Waals surface area (Å²) >= 11 is 0. The third-order valence-corrected chi connectivity index (χ3v) is 3.98. The minimum Gasteiger partial charge on any atom is -0.497 e. The van der Waals surface area contributed by atoms with E-state index in [2.05, 4.69) is 15.5 Å². The third kappa shape index (κ3) is 4.70. The lowest BCUT2D eigenvalue weighted by Gasteiger charge is -2.09. The van der Waals surface area contributed by atoms with Gasteiger partial charge in [-0.15, -0.1) is 0 Å². The van der Waals surface area contributed by atoms with E-state index in [0.29, 0.717) is 5.69 Å². The van der Waals surface area contributed by atoms with Crippen molar-refractivity contribution >= 4 is 5.91 Å². The van der Waals surface area contributed by atoms with Gasteiger partial charge in [0.25, 0.3) is 11.1 Å². The highest BCUT2D eigenvalue weighted by Crippen LogP contribution is 2.19. The van der Waals surface area contributed by atoms with Crippen molar-refractivity contribution in [3.8, 4) is 17.0 Å². The molecule has 0 aliphatic carbocycles. The fraction of sp³-hybridized carbons (Fsp3) is 0.211. The first kappa shape index (κ1) is 19.0. The van der Waals surface area contributed by atoms with Gasteiger partial charge in [0, 0.05) is 30.4 Å². The number of hydrogen-bond donors (Lipinski definition) is 1. The minimum absolute atomic E-state index is 0.187. The second-order valence-corrected chi connectivity index (χ2v) is 5.88. The first-order chi connectivity index (χ1) is 13.6. The highest BCUT2D eigenvalue weighted by Gasteiger charge is 2.07. The summed E-state index contributed by atoms with van der Waals surface area (Å²) in [6.07, 6.45) is 1.43. The quantitative estimate of drug-likeness (QED) is 0.630. The Morgan fingerprint density at radius 3 is 2.50 bits per heavy atom. The largest absolute Gasteiger partial charge is 0.497 e. The van der Waals surface area contributed by atoms with Gasteiger partial charge in [0.1, 0.15) is 12.3 Å². The Morgan fingerprint density at radius 2 is 1.79 bits per heavy atom. The summed E-state index contributed by atoms with van der Waals surface area (Å²) in [4.78, 5) is 35.5. The van der Waals surface area contributed by atoms with Crippen molar-refractivity contribution in [1.82, 2.24) is 24.9 Å². The van der Waals surface area contributed by atoms with Crippen molar-refractivity contribution < 1.29 is 9.53 Å². The summed E-state index contributed by atoms with van der Waals surface area (Å²) in [5.41, 5.74) is 0.844. The molecule has 0 aliphatic heterocycles. The first-order valence-corrected chi connectivity index (χ1v) is 8.58. The molecule has 9 heteroatoms. The maximum absolute atomic E-state index is 12.0. The van der Waals surface area contributed by atoms with Crippen molar-refractivity contribution in [1.29, 1.82) is 0 Å². The lowest BCUT2D eigenvalue weighted by molar-refractivity contribution is -0.121. The van der Waals surface area contributed by atoms with Gasteiger partial charge in [-0.05, 0) is 36.4 Å². The van der Waals surface area contributed by atoms with Gasteiger partial charge in [-0.1, -0.05) is 0 Å². The second-order valence-electron chi connectivity index (χ2n) is 5.88. The molecule has 0 bridgehead atoms. The average Bonchev–Trinajstić information content (AvgIpc) is 2.71. The molecule has 0 unspecified atom stereocenters. The number of benzene rings is 1. The Labute approximate surface area is 160 Å². The molecular formula is C19H19N5O4. The van der Waals surface area contributed by atoms with Crippen LogP contribution in [0.1, 0.15) is 0 Å². The van der Waals surface area contributed by atoms with Crippen LogP contribution in [-0.2, 0) is 17.9 Å². The predicted molar refractivity (Wildman–Crippen MR) is 102 cm³/mol. The molecule has 0 spiro atoms. The molecule has 1 aromatic carbocycles. The molecular weight excluding hydrogens is 362 g/mol. The molecule has 1 amide bonds. The fourth-order valence-electron chi connectivity index (χ4n) is 2.52. The molecule has 9 nitrogen and oxygen atoms in total. The second kappa shape index (κ2) is 8.76. The minimum atomic E-state index is -0.375. The van der Waals surface area contributed by atoms with Crippen LogP contribution in [0.4, 0.5) is 0 Å². The van der Waals surface area contributed by atoms with Gasteiger partial charge < -0.3 is 10.1 Å². The fourth-order valence-corrected chi connectivity index (χ4v) is 2.52. The number of nitrogens with zero attached hydrogens (tertiary/aromatic N) is 4. The lowest BCUT2D eigenvalue weighted by Crippen LogP contribution is -2.36. The highest BCUT2D eigenvalue weighted by molar-refractivity contribution is 5.75. The normalized spacial score (nSPS) is 10.5. The number of ether oxygens (including phenoxy) is 1. The van der Waals surface area contributed by atoms with E-state index in [1.165, 1.54) is 29.1 Å². The molecule has 0 fully saturated rings. The van der Waals surface area contributed by atoms with Crippen LogP contribution in [-0.4, -0.2) is 39.1 Å². The lowest BCUT2D eigenvalue weighted by atomic mass is 10.1. The molecule has 0 saturated heterocycles. The Kier molecular flexibility index (Phi) is 5.95. The van der Waals surface area contributed by atoms with Crippen molar-refractivity contribution in [2.75, 3.05) is 13.7 Å². The Morgan fingerprint density at radius 1 is 1.04 bits per heavy atom. The van der Waals surface area contributed by atoms with Gasteiger partial charge in [0.05, 0.1) is 19.3 Å². The number of hydrogen-bond acceptors (Lipinski definition) is 6. The van der Waals surface area contributed by atoms with E-state index in [9.17, 15) is 14.4 Å². The van der Waals surface area contributed by atoms with Gasteiger partial charge >= 0.3 is 0 Å². The molecule has 2 heterocycles. The molecule has 28 heavy (non-hydrogen) atoms. The van der Waals surface area contributed by atoms with Crippen LogP contribution in [0.3, 0.4) is 0 Å². The molecule has 3 aromatic rings. The van der Waals surface area contributed by atoms with E-state index in [0.717, 1.165) is 16.0 Å². The Balaban J connectivity index is 1.62. The van der Waals surface area contributed by atoms with Crippen LogP contribution in [0, 0.1) is 0 Å². The SMILES string of the molecule is COc1ccc(-c2ccc(=O)n(CCNC(=O)Cn3ncccc3=O)n2)cc1. The van der Waals surface area contributed by atoms with E-state index < -0.39 is 0 Å². The zero-order chi connectivity index (χ0) is 19.9. The van der Waals surface area contributed by atoms with Crippen LogP contribution in [0.25, 0.3) is 11.3 Å². The molecule has 144 valence electrons. The van der Waals surface area contributed by atoms with Crippen molar-refractivity contribution in [3.63, 3.8) is 0 Å².